The molecule has 0 spiro atoms. The lowest BCUT2D eigenvalue weighted by molar-refractivity contribution is 0.251. The van der Waals surface area contributed by atoms with Crippen LogP contribution in [0, 0.1) is 12.3 Å². The van der Waals surface area contributed by atoms with E-state index in [2.05, 4.69) is 50.3 Å². The number of hydrogen-bond acceptors (Lipinski definition) is 3. The van der Waals surface area contributed by atoms with Crippen LogP contribution in [0.3, 0.4) is 0 Å². The number of nitrogens with zero attached hydrogens (tertiary/aromatic N) is 1. The number of hydrogen-bond donors (Lipinski definition) is 1. The quantitative estimate of drug-likeness (QED) is 0.802. The molecule has 2 nitrogen and oxygen atoms in total. The van der Waals surface area contributed by atoms with Crippen LogP contribution in [0.1, 0.15) is 57.7 Å². The Morgan fingerprint density at radius 3 is 2.61 bits per heavy atom. The van der Waals surface area contributed by atoms with Crippen LogP contribution in [0.5, 0.6) is 0 Å². The van der Waals surface area contributed by atoms with Crippen LogP contribution in [-0.4, -0.2) is 17.6 Å². The van der Waals surface area contributed by atoms with Gasteiger partial charge < -0.3 is 5.32 Å². The minimum Gasteiger partial charge on any atom is -0.313 e. The molecule has 0 saturated carbocycles. The molecule has 0 saturated heterocycles. The first-order chi connectivity index (χ1) is 8.43. The number of aryl methyl sites for hydroxylation is 2. The Morgan fingerprint density at radius 1 is 1.39 bits per heavy atom. The van der Waals surface area contributed by atoms with E-state index in [0.29, 0.717) is 11.5 Å². The minimum absolute atomic E-state index is 0.340. The average Bonchev–Trinajstić information content (AvgIpc) is 2.67. The van der Waals surface area contributed by atoms with Crippen molar-refractivity contribution in [3.05, 3.63) is 16.1 Å². The van der Waals surface area contributed by atoms with E-state index in [-0.39, 0.29) is 0 Å². The molecule has 104 valence electrons. The molecule has 0 radical (unpaired) electrons. The number of nitrogens with one attached hydrogen (secondary N) is 1. The third kappa shape index (κ3) is 5.49. The maximum absolute atomic E-state index is 4.53. The number of aromatic nitrogens is 1. The monoisotopic (exact) mass is 268 g/mol. The van der Waals surface area contributed by atoms with Crippen LogP contribution in [0.15, 0.2) is 5.38 Å². The van der Waals surface area contributed by atoms with Crippen LogP contribution in [-0.2, 0) is 6.42 Å². The highest BCUT2D eigenvalue weighted by molar-refractivity contribution is 7.09. The molecular formula is C15H28N2S. The zero-order valence-corrected chi connectivity index (χ0v) is 13.4. The topological polar surface area (TPSA) is 24.9 Å². The van der Waals surface area contributed by atoms with E-state index in [0.717, 1.165) is 13.0 Å². The summed E-state index contributed by atoms with van der Waals surface area (Å²) in [6, 6.07) is 0.609. The molecule has 1 heterocycles. The second-order valence-electron chi connectivity index (χ2n) is 6.12. The maximum atomic E-state index is 4.53. The van der Waals surface area contributed by atoms with Crippen molar-refractivity contribution in [1.82, 2.24) is 10.3 Å². The fraction of sp³-hybridized carbons (Fsp3) is 0.800. The first-order valence-corrected chi connectivity index (χ1v) is 7.96. The molecule has 1 aromatic heterocycles. The van der Waals surface area contributed by atoms with E-state index >= 15 is 0 Å². The molecule has 0 amide bonds. The lowest BCUT2D eigenvalue weighted by atomic mass is 9.83. The summed E-state index contributed by atoms with van der Waals surface area (Å²) >= 11 is 1.76. The van der Waals surface area contributed by atoms with Crippen molar-refractivity contribution in [2.24, 2.45) is 5.41 Å². The minimum atomic E-state index is 0.340. The van der Waals surface area contributed by atoms with Crippen molar-refractivity contribution in [3.63, 3.8) is 0 Å². The summed E-state index contributed by atoms with van der Waals surface area (Å²) in [4.78, 5) is 4.53. The lowest BCUT2D eigenvalue weighted by Crippen LogP contribution is -2.40. The molecule has 0 aliphatic carbocycles. The zero-order valence-electron chi connectivity index (χ0n) is 12.5. The summed E-state index contributed by atoms with van der Waals surface area (Å²) in [5, 5.41) is 7.06. The van der Waals surface area contributed by atoms with Gasteiger partial charge in [-0.25, -0.2) is 4.98 Å². The Morgan fingerprint density at radius 2 is 2.11 bits per heavy atom. The molecule has 1 rings (SSSR count). The Bertz CT molecular complexity index is 339. The summed E-state index contributed by atoms with van der Waals surface area (Å²) in [6.07, 6.45) is 4.78. The first kappa shape index (κ1) is 15.6. The fourth-order valence-electron chi connectivity index (χ4n) is 2.17. The molecule has 18 heavy (non-hydrogen) atoms. The van der Waals surface area contributed by atoms with E-state index in [1.807, 2.05) is 0 Å². The van der Waals surface area contributed by atoms with E-state index < -0.39 is 0 Å². The van der Waals surface area contributed by atoms with Crippen molar-refractivity contribution in [3.8, 4) is 0 Å². The van der Waals surface area contributed by atoms with Gasteiger partial charge in [0, 0.05) is 11.4 Å². The maximum Gasteiger partial charge on any atom is 0.0897 e. The molecule has 1 N–H and O–H groups in total. The fourth-order valence-corrected chi connectivity index (χ4v) is 2.82. The normalized spacial score (nSPS) is 13.8. The first-order valence-electron chi connectivity index (χ1n) is 7.08. The zero-order chi connectivity index (χ0) is 13.6. The summed E-state index contributed by atoms with van der Waals surface area (Å²) in [5.41, 5.74) is 1.60. The highest BCUT2D eigenvalue weighted by Gasteiger charge is 2.23. The Hall–Kier alpha value is -0.410. The van der Waals surface area contributed by atoms with E-state index in [9.17, 15) is 0 Å². The molecule has 0 aromatic carbocycles. The molecule has 0 aliphatic rings. The van der Waals surface area contributed by atoms with E-state index in [1.165, 1.54) is 30.0 Å². The second-order valence-corrected chi connectivity index (χ2v) is 7.19. The highest BCUT2D eigenvalue weighted by Crippen LogP contribution is 2.23. The summed E-state index contributed by atoms with van der Waals surface area (Å²) in [7, 11) is 0. The van der Waals surface area contributed by atoms with Gasteiger partial charge in [-0.3, -0.25) is 0 Å². The van der Waals surface area contributed by atoms with Crippen molar-refractivity contribution >= 4 is 11.3 Å². The van der Waals surface area contributed by atoms with E-state index in [1.54, 1.807) is 11.3 Å². The Labute approximate surface area is 116 Å². The third-order valence-corrected chi connectivity index (χ3v) is 4.10. The van der Waals surface area contributed by atoms with Gasteiger partial charge in [0.1, 0.15) is 0 Å². The van der Waals surface area contributed by atoms with Crippen molar-refractivity contribution in [2.75, 3.05) is 6.54 Å². The van der Waals surface area contributed by atoms with Gasteiger partial charge in [0.05, 0.1) is 10.7 Å². The van der Waals surface area contributed by atoms with Crippen LogP contribution in [0.2, 0.25) is 0 Å². The van der Waals surface area contributed by atoms with Gasteiger partial charge in [0.25, 0.3) is 0 Å². The van der Waals surface area contributed by atoms with Crippen LogP contribution in [0.25, 0.3) is 0 Å². The third-order valence-electron chi connectivity index (χ3n) is 3.28. The van der Waals surface area contributed by atoms with Crippen LogP contribution in [0.4, 0.5) is 0 Å². The summed E-state index contributed by atoms with van der Waals surface area (Å²) in [5.74, 6) is 0. The van der Waals surface area contributed by atoms with Crippen molar-refractivity contribution in [2.45, 2.75) is 66.3 Å². The van der Waals surface area contributed by atoms with Gasteiger partial charge in [-0.05, 0) is 44.6 Å². The van der Waals surface area contributed by atoms with Gasteiger partial charge in [-0.2, -0.15) is 0 Å². The second kappa shape index (κ2) is 7.25. The average molecular weight is 268 g/mol. The van der Waals surface area contributed by atoms with Gasteiger partial charge in [0.15, 0.2) is 0 Å². The molecule has 0 bridgehead atoms. The van der Waals surface area contributed by atoms with Crippen molar-refractivity contribution < 1.29 is 0 Å². The molecule has 0 aliphatic heterocycles. The Kier molecular flexibility index (Phi) is 6.30. The molecule has 1 aromatic rings. The molecule has 1 atom stereocenters. The standard InChI is InChI=1S/C15H28N2S/c1-6-10-16-14(15(3,4)5)9-7-8-13-11-18-12(2)17-13/h11,14,16H,6-10H2,1-5H3. The predicted octanol–water partition coefficient (Wildman–Crippen LogP) is 4.19. The molecule has 0 fully saturated rings. The summed E-state index contributed by atoms with van der Waals surface area (Å²) in [6.45, 7) is 12.4. The van der Waals surface area contributed by atoms with Gasteiger partial charge in [-0.15, -0.1) is 11.3 Å². The molecule has 3 heteroatoms. The molecular weight excluding hydrogens is 240 g/mol. The van der Waals surface area contributed by atoms with Crippen molar-refractivity contribution in [1.29, 1.82) is 0 Å². The predicted molar refractivity (Wildman–Crippen MR) is 81.3 cm³/mol. The smallest absolute Gasteiger partial charge is 0.0897 e. The highest BCUT2D eigenvalue weighted by atomic mass is 32.1. The SMILES string of the molecule is CCCNC(CCCc1csc(C)n1)C(C)(C)C. The van der Waals surface area contributed by atoms with Crippen LogP contribution < -0.4 is 5.32 Å². The number of rotatable bonds is 7. The van der Waals surface area contributed by atoms with E-state index in [4.69, 9.17) is 0 Å². The Balaban J connectivity index is 2.37. The van der Waals surface area contributed by atoms with Gasteiger partial charge >= 0.3 is 0 Å². The lowest BCUT2D eigenvalue weighted by Gasteiger charge is -2.31. The van der Waals surface area contributed by atoms with Gasteiger partial charge in [-0.1, -0.05) is 27.7 Å². The largest absolute Gasteiger partial charge is 0.313 e. The summed E-state index contributed by atoms with van der Waals surface area (Å²) < 4.78 is 0. The van der Waals surface area contributed by atoms with Crippen LogP contribution >= 0.6 is 11.3 Å². The van der Waals surface area contributed by atoms with Gasteiger partial charge in [0.2, 0.25) is 0 Å². The molecule has 1 unspecified atom stereocenters. The number of thiazole rings is 1.